The number of sulfonamides is 1. The fourth-order valence-electron chi connectivity index (χ4n) is 1.72. The standard InChI is InChI=1S/C11H18ClN3O4S/c1-13-7-9(10(16)15(3)11(13)17)8-14(2)20(18,19)6-4-5-12/h7H,4-6,8H2,1-3H3. The highest BCUT2D eigenvalue weighted by Crippen LogP contribution is 2.05. The van der Waals surface area contributed by atoms with E-state index in [0.29, 0.717) is 6.42 Å². The molecule has 9 heteroatoms. The maximum absolute atomic E-state index is 11.9. The van der Waals surface area contributed by atoms with Crippen molar-refractivity contribution in [2.75, 3.05) is 18.7 Å². The number of hydrogen-bond donors (Lipinski definition) is 0. The Morgan fingerprint density at radius 3 is 2.45 bits per heavy atom. The average Bonchev–Trinajstić information content (AvgIpc) is 2.40. The SMILES string of the molecule is CN(Cc1cn(C)c(=O)n(C)c1=O)S(=O)(=O)CCCCl. The van der Waals surface area contributed by atoms with Crippen LogP contribution >= 0.6 is 11.6 Å². The fourth-order valence-corrected chi connectivity index (χ4v) is 3.17. The summed E-state index contributed by atoms with van der Waals surface area (Å²) in [6.45, 7) is -0.0780. The first-order valence-corrected chi connectivity index (χ1v) is 8.10. The van der Waals surface area contributed by atoms with Crippen LogP contribution in [0.4, 0.5) is 0 Å². The van der Waals surface area contributed by atoms with Crippen LogP contribution in [0.3, 0.4) is 0 Å². The zero-order valence-corrected chi connectivity index (χ0v) is 13.2. The second-order valence-electron chi connectivity index (χ2n) is 4.53. The Balaban J connectivity index is 3.06. The van der Waals surface area contributed by atoms with E-state index in [1.165, 1.54) is 31.9 Å². The molecule has 1 aromatic rings. The highest BCUT2D eigenvalue weighted by atomic mass is 35.5. The summed E-state index contributed by atoms with van der Waals surface area (Å²) >= 11 is 5.48. The zero-order valence-electron chi connectivity index (χ0n) is 11.7. The number of halogens is 1. The van der Waals surface area contributed by atoms with Crippen molar-refractivity contribution in [1.29, 1.82) is 0 Å². The summed E-state index contributed by atoms with van der Waals surface area (Å²) in [5.74, 6) is 0.188. The number of alkyl halides is 1. The number of nitrogens with zero attached hydrogens (tertiary/aromatic N) is 3. The largest absolute Gasteiger partial charge is 0.330 e. The fraction of sp³-hybridized carbons (Fsp3) is 0.636. The van der Waals surface area contributed by atoms with Gasteiger partial charge in [0, 0.05) is 45.3 Å². The van der Waals surface area contributed by atoms with Crippen molar-refractivity contribution in [1.82, 2.24) is 13.4 Å². The Morgan fingerprint density at radius 1 is 1.30 bits per heavy atom. The topological polar surface area (TPSA) is 81.4 Å². The monoisotopic (exact) mass is 323 g/mol. The molecule has 0 spiro atoms. The molecule has 0 atom stereocenters. The summed E-state index contributed by atoms with van der Waals surface area (Å²) in [5.41, 5.74) is -0.703. The number of aryl methyl sites for hydroxylation is 1. The predicted octanol–water partition coefficient (Wildman–Crippen LogP) is -0.525. The highest BCUT2D eigenvalue weighted by Gasteiger charge is 2.19. The van der Waals surface area contributed by atoms with Gasteiger partial charge in [-0.1, -0.05) is 0 Å². The van der Waals surface area contributed by atoms with Crippen molar-refractivity contribution >= 4 is 21.6 Å². The molecule has 1 rings (SSSR count). The average molecular weight is 324 g/mol. The van der Waals surface area contributed by atoms with Crippen molar-refractivity contribution in [3.05, 3.63) is 32.6 Å². The van der Waals surface area contributed by atoms with Gasteiger partial charge in [-0.2, -0.15) is 0 Å². The van der Waals surface area contributed by atoms with Crippen LogP contribution in [0.5, 0.6) is 0 Å². The maximum Gasteiger partial charge on any atom is 0.330 e. The molecule has 20 heavy (non-hydrogen) atoms. The van der Waals surface area contributed by atoms with Crippen LogP contribution in [0.1, 0.15) is 12.0 Å². The molecular weight excluding hydrogens is 306 g/mol. The molecule has 114 valence electrons. The maximum atomic E-state index is 11.9. The summed E-state index contributed by atoms with van der Waals surface area (Å²) < 4.78 is 27.2. The van der Waals surface area contributed by atoms with Crippen LogP contribution in [0, 0.1) is 0 Å². The van der Waals surface area contributed by atoms with Crippen molar-refractivity contribution in [3.63, 3.8) is 0 Å². The van der Waals surface area contributed by atoms with E-state index < -0.39 is 21.3 Å². The van der Waals surface area contributed by atoms with Crippen LogP contribution in [0.2, 0.25) is 0 Å². The van der Waals surface area contributed by atoms with Crippen molar-refractivity contribution in [3.8, 4) is 0 Å². The molecule has 0 saturated heterocycles. The number of hydrogen-bond acceptors (Lipinski definition) is 4. The van der Waals surface area contributed by atoms with Crippen LogP contribution in [-0.4, -0.2) is 40.5 Å². The third kappa shape index (κ3) is 3.71. The number of aromatic nitrogens is 2. The second kappa shape index (κ2) is 6.55. The van der Waals surface area contributed by atoms with Crippen LogP contribution in [0.25, 0.3) is 0 Å². The molecular formula is C11H18ClN3O4S. The lowest BCUT2D eigenvalue weighted by Gasteiger charge is -2.17. The third-order valence-corrected chi connectivity index (χ3v) is 5.07. The Bertz CT molecular complexity index is 693. The summed E-state index contributed by atoms with van der Waals surface area (Å²) in [5, 5.41) is 0. The Kier molecular flexibility index (Phi) is 5.55. The van der Waals surface area contributed by atoms with Crippen molar-refractivity contribution < 1.29 is 8.42 Å². The molecule has 0 amide bonds. The minimum atomic E-state index is -3.46. The summed E-state index contributed by atoms with van der Waals surface area (Å²) in [6.07, 6.45) is 1.71. The molecule has 0 unspecified atom stereocenters. The van der Waals surface area contributed by atoms with E-state index in [9.17, 15) is 18.0 Å². The quantitative estimate of drug-likeness (QED) is 0.659. The molecule has 0 bridgehead atoms. The predicted molar refractivity (Wildman–Crippen MR) is 77.5 cm³/mol. The van der Waals surface area contributed by atoms with Gasteiger partial charge in [0.15, 0.2) is 0 Å². The van der Waals surface area contributed by atoms with Gasteiger partial charge in [0.1, 0.15) is 0 Å². The first-order chi connectivity index (χ1) is 9.20. The zero-order chi connectivity index (χ0) is 15.5. The van der Waals surface area contributed by atoms with Crippen LogP contribution < -0.4 is 11.2 Å². The van der Waals surface area contributed by atoms with Gasteiger partial charge in [0.2, 0.25) is 10.0 Å². The van der Waals surface area contributed by atoms with E-state index in [1.807, 2.05) is 0 Å². The van der Waals surface area contributed by atoms with E-state index in [0.717, 1.165) is 8.87 Å². The van der Waals surface area contributed by atoms with Gasteiger partial charge < -0.3 is 4.57 Å². The van der Waals surface area contributed by atoms with E-state index in [2.05, 4.69) is 0 Å². The lowest BCUT2D eigenvalue weighted by Crippen LogP contribution is -2.40. The van der Waals surface area contributed by atoms with Gasteiger partial charge in [0.25, 0.3) is 5.56 Å². The molecule has 0 fully saturated rings. The molecule has 1 heterocycles. The normalized spacial score (nSPS) is 12.1. The van der Waals surface area contributed by atoms with Gasteiger partial charge in [0.05, 0.1) is 5.75 Å². The van der Waals surface area contributed by atoms with Gasteiger partial charge >= 0.3 is 5.69 Å². The summed E-state index contributed by atoms with van der Waals surface area (Å²) in [7, 11) is 0.802. The van der Waals surface area contributed by atoms with Gasteiger partial charge in [-0.05, 0) is 6.42 Å². The lowest BCUT2D eigenvalue weighted by atomic mass is 10.3. The van der Waals surface area contributed by atoms with Crippen LogP contribution in [0.15, 0.2) is 15.8 Å². The van der Waals surface area contributed by atoms with Gasteiger partial charge in [-0.25, -0.2) is 17.5 Å². The minimum absolute atomic E-state index is 0.0704. The minimum Gasteiger partial charge on any atom is -0.303 e. The Hall–Kier alpha value is -1.12. The molecule has 1 aromatic heterocycles. The second-order valence-corrected chi connectivity index (χ2v) is 7.10. The van der Waals surface area contributed by atoms with Crippen LogP contribution in [-0.2, 0) is 30.7 Å². The van der Waals surface area contributed by atoms with Gasteiger partial charge in [-0.15, -0.1) is 11.6 Å². The summed E-state index contributed by atoms with van der Waals surface area (Å²) in [4.78, 5) is 23.5. The van der Waals surface area contributed by atoms with E-state index in [4.69, 9.17) is 11.6 Å². The molecule has 0 aliphatic rings. The highest BCUT2D eigenvalue weighted by molar-refractivity contribution is 7.89. The van der Waals surface area contributed by atoms with E-state index in [-0.39, 0.29) is 23.7 Å². The van der Waals surface area contributed by atoms with E-state index in [1.54, 1.807) is 0 Å². The Morgan fingerprint density at radius 2 is 1.90 bits per heavy atom. The molecule has 0 saturated carbocycles. The first kappa shape index (κ1) is 16.9. The van der Waals surface area contributed by atoms with Crippen molar-refractivity contribution in [2.24, 2.45) is 14.1 Å². The molecule has 0 aromatic carbocycles. The first-order valence-electron chi connectivity index (χ1n) is 5.96. The molecule has 0 aliphatic carbocycles. The molecule has 0 aliphatic heterocycles. The Labute approximate surface area is 122 Å². The number of rotatable bonds is 6. The lowest BCUT2D eigenvalue weighted by molar-refractivity contribution is 0.460. The molecule has 0 radical (unpaired) electrons. The molecule has 0 N–H and O–H groups in total. The van der Waals surface area contributed by atoms with E-state index >= 15 is 0 Å². The smallest absolute Gasteiger partial charge is 0.303 e. The molecule has 7 nitrogen and oxygen atoms in total. The van der Waals surface area contributed by atoms with Gasteiger partial charge in [-0.3, -0.25) is 9.36 Å². The van der Waals surface area contributed by atoms with Crippen molar-refractivity contribution in [2.45, 2.75) is 13.0 Å². The third-order valence-electron chi connectivity index (χ3n) is 2.92. The summed E-state index contributed by atoms with van der Waals surface area (Å²) in [6, 6.07) is 0.